The highest BCUT2D eigenvalue weighted by molar-refractivity contribution is 7.80. The molecule has 0 aromatic rings. The molecule has 0 saturated carbocycles. The molecule has 5 unspecified atom stereocenters. The Morgan fingerprint density at radius 3 is 1.92 bits per heavy atom. The van der Waals surface area contributed by atoms with E-state index in [4.69, 9.17) is 10.8 Å². The fraction of sp³-hybridized carbons (Fsp3) is 0.692. The van der Waals surface area contributed by atoms with Gasteiger partial charge in [-0.25, -0.2) is 4.79 Å². The third kappa shape index (κ3) is 7.69. The number of aliphatic carboxylic acids is 1. The summed E-state index contributed by atoms with van der Waals surface area (Å²) in [6.45, 7) is 1.83. The maximum absolute atomic E-state index is 12.0. The highest BCUT2D eigenvalue weighted by Crippen LogP contribution is 1.95. The lowest BCUT2D eigenvalue weighted by atomic mass is 10.1. The molecule has 0 aliphatic heterocycles. The van der Waals surface area contributed by atoms with Gasteiger partial charge in [-0.15, -0.1) is 0 Å². The number of hydrogen-bond acceptors (Lipinski definition) is 8. The summed E-state index contributed by atoms with van der Waals surface area (Å²) in [7, 11) is 0. The second-order valence-corrected chi connectivity index (χ2v) is 5.69. The maximum Gasteiger partial charge on any atom is 0.327 e. The number of rotatable bonds is 10. The lowest BCUT2D eigenvalue weighted by Crippen LogP contribution is -2.58. The molecule has 8 N–H and O–H groups in total. The molecular formula is C13H24N4O7S. The number of nitrogens with one attached hydrogen (secondary N) is 3. The van der Waals surface area contributed by atoms with E-state index in [2.05, 4.69) is 28.6 Å². The Kier molecular flexibility index (Phi) is 10.0. The molecule has 0 saturated heterocycles. The first-order valence-electron chi connectivity index (χ1n) is 7.34. The van der Waals surface area contributed by atoms with Crippen LogP contribution in [0.4, 0.5) is 0 Å². The van der Waals surface area contributed by atoms with Crippen LogP contribution in [-0.2, 0) is 19.2 Å². The SMILES string of the molecule is CC(NC(=O)C(N)C(C)O)C(=O)NC(CO)C(=O)NC(CS)C(=O)O. The van der Waals surface area contributed by atoms with Gasteiger partial charge in [0.2, 0.25) is 17.7 Å². The Labute approximate surface area is 149 Å². The van der Waals surface area contributed by atoms with Gasteiger partial charge in [0.15, 0.2) is 0 Å². The van der Waals surface area contributed by atoms with Crippen molar-refractivity contribution >= 4 is 36.3 Å². The van der Waals surface area contributed by atoms with Gasteiger partial charge >= 0.3 is 5.97 Å². The third-order valence-electron chi connectivity index (χ3n) is 3.19. The van der Waals surface area contributed by atoms with E-state index in [-0.39, 0.29) is 5.75 Å². The first-order valence-corrected chi connectivity index (χ1v) is 7.97. The predicted molar refractivity (Wildman–Crippen MR) is 89.7 cm³/mol. The molecule has 0 radical (unpaired) electrons. The van der Waals surface area contributed by atoms with Crippen molar-refractivity contribution in [1.29, 1.82) is 0 Å². The van der Waals surface area contributed by atoms with Crippen LogP contribution >= 0.6 is 12.6 Å². The standard InChI is InChI=1S/C13H24N4O7S/c1-5(15-12(22)9(14)6(2)19)10(20)16-7(3-18)11(21)17-8(4-25)13(23)24/h5-9,18-19,25H,3-4,14H2,1-2H3,(H,15,22)(H,16,20)(H,17,21)(H,23,24). The first-order chi connectivity index (χ1) is 11.5. The lowest BCUT2D eigenvalue weighted by molar-refractivity contribution is -0.142. The van der Waals surface area contributed by atoms with E-state index in [1.54, 1.807) is 0 Å². The maximum atomic E-state index is 12.0. The van der Waals surface area contributed by atoms with Gasteiger partial charge in [-0.2, -0.15) is 12.6 Å². The number of hydrogen-bond donors (Lipinski definition) is 8. The molecule has 0 heterocycles. The van der Waals surface area contributed by atoms with Gasteiger partial charge in [0.1, 0.15) is 24.2 Å². The molecule has 3 amide bonds. The Hall–Kier alpha value is -1.89. The Balaban J connectivity index is 4.74. The summed E-state index contributed by atoms with van der Waals surface area (Å²) < 4.78 is 0. The Bertz CT molecular complexity index is 503. The fourth-order valence-electron chi connectivity index (χ4n) is 1.54. The highest BCUT2D eigenvalue weighted by atomic mass is 32.1. The third-order valence-corrected chi connectivity index (χ3v) is 3.55. The van der Waals surface area contributed by atoms with Crippen LogP contribution in [0.5, 0.6) is 0 Å². The van der Waals surface area contributed by atoms with E-state index in [1.807, 2.05) is 0 Å². The summed E-state index contributed by atoms with van der Waals surface area (Å²) in [5.74, 6) is -4.01. The zero-order chi connectivity index (χ0) is 19.7. The summed E-state index contributed by atoms with van der Waals surface area (Å²) >= 11 is 3.78. The van der Waals surface area contributed by atoms with Crippen LogP contribution < -0.4 is 21.7 Å². The molecule has 0 bridgehead atoms. The number of amides is 3. The van der Waals surface area contributed by atoms with Gasteiger partial charge in [-0.3, -0.25) is 14.4 Å². The average Bonchev–Trinajstić information content (AvgIpc) is 2.55. The molecule has 0 fully saturated rings. The summed E-state index contributed by atoms with van der Waals surface area (Å²) in [5, 5.41) is 33.8. The van der Waals surface area contributed by atoms with Crippen LogP contribution in [0.15, 0.2) is 0 Å². The van der Waals surface area contributed by atoms with E-state index < -0.39 is 60.6 Å². The van der Waals surface area contributed by atoms with Crippen LogP contribution in [0.1, 0.15) is 13.8 Å². The quantitative estimate of drug-likeness (QED) is 0.177. The van der Waals surface area contributed by atoms with Gasteiger partial charge in [0, 0.05) is 5.75 Å². The minimum Gasteiger partial charge on any atom is -0.480 e. The van der Waals surface area contributed by atoms with Crippen molar-refractivity contribution in [2.45, 2.75) is 44.1 Å². The van der Waals surface area contributed by atoms with E-state index >= 15 is 0 Å². The topological polar surface area (TPSA) is 191 Å². The van der Waals surface area contributed by atoms with Gasteiger partial charge in [0.05, 0.1) is 12.7 Å². The van der Waals surface area contributed by atoms with Gasteiger partial charge in [-0.1, -0.05) is 0 Å². The molecule has 5 atom stereocenters. The molecule has 12 heteroatoms. The van der Waals surface area contributed by atoms with Crippen LogP contribution in [0.3, 0.4) is 0 Å². The molecule has 0 aliphatic carbocycles. The molecule has 25 heavy (non-hydrogen) atoms. The Morgan fingerprint density at radius 2 is 1.52 bits per heavy atom. The van der Waals surface area contributed by atoms with Crippen molar-refractivity contribution in [1.82, 2.24) is 16.0 Å². The summed E-state index contributed by atoms with van der Waals surface area (Å²) in [6, 6.07) is -5.06. The lowest BCUT2D eigenvalue weighted by Gasteiger charge is -2.22. The van der Waals surface area contributed by atoms with Crippen LogP contribution in [-0.4, -0.2) is 81.6 Å². The number of nitrogens with two attached hydrogens (primary N) is 1. The molecule has 11 nitrogen and oxygen atoms in total. The van der Waals surface area contributed by atoms with Crippen LogP contribution in [0, 0.1) is 0 Å². The largest absolute Gasteiger partial charge is 0.480 e. The molecule has 144 valence electrons. The van der Waals surface area contributed by atoms with Crippen molar-refractivity contribution in [2.75, 3.05) is 12.4 Å². The number of aliphatic hydroxyl groups excluding tert-OH is 2. The monoisotopic (exact) mass is 380 g/mol. The summed E-state index contributed by atoms with van der Waals surface area (Å²) in [6.07, 6.45) is -1.12. The summed E-state index contributed by atoms with van der Waals surface area (Å²) in [5.41, 5.74) is 5.42. The molecule has 0 aliphatic rings. The number of carboxylic acids is 1. The fourth-order valence-corrected chi connectivity index (χ4v) is 1.79. The molecule has 0 spiro atoms. The van der Waals surface area contributed by atoms with Crippen molar-refractivity contribution < 1.29 is 34.5 Å². The predicted octanol–water partition coefficient (Wildman–Crippen LogP) is -3.82. The second-order valence-electron chi connectivity index (χ2n) is 5.32. The highest BCUT2D eigenvalue weighted by Gasteiger charge is 2.28. The summed E-state index contributed by atoms with van der Waals surface area (Å²) in [4.78, 5) is 46.4. The first kappa shape index (κ1) is 23.1. The molecule has 0 aromatic heterocycles. The van der Waals surface area contributed by atoms with Gasteiger partial charge in [-0.05, 0) is 13.8 Å². The Morgan fingerprint density at radius 1 is 1.00 bits per heavy atom. The number of aliphatic hydroxyl groups is 2. The molecular weight excluding hydrogens is 356 g/mol. The smallest absolute Gasteiger partial charge is 0.327 e. The van der Waals surface area contributed by atoms with E-state index in [9.17, 15) is 29.4 Å². The zero-order valence-corrected chi connectivity index (χ0v) is 14.7. The van der Waals surface area contributed by atoms with Crippen molar-refractivity contribution in [2.24, 2.45) is 5.73 Å². The minimum absolute atomic E-state index is 0.184. The van der Waals surface area contributed by atoms with Crippen molar-refractivity contribution in [3.63, 3.8) is 0 Å². The van der Waals surface area contributed by atoms with Gasteiger partial charge < -0.3 is 37.0 Å². The van der Waals surface area contributed by atoms with E-state index in [0.29, 0.717) is 0 Å². The van der Waals surface area contributed by atoms with E-state index in [0.717, 1.165) is 0 Å². The molecule has 0 rings (SSSR count). The van der Waals surface area contributed by atoms with E-state index in [1.165, 1.54) is 13.8 Å². The molecule has 0 aromatic carbocycles. The van der Waals surface area contributed by atoms with Crippen molar-refractivity contribution in [3.8, 4) is 0 Å². The minimum atomic E-state index is -1.42. The van der Waals surface area contributed by atoms with Crippen LogP contribution in [0.2, 0.25) is 0 Å². The normalized spacial score (nSPS) is 16.7. The van der Waals surface area contributed by atoms with Crippen LogP contribution in [0.25, 0.3) is 0 Å². The number of carbonyl (C=O) groups excluding carboxylic acids is 3. The van der Waals surface area contributed by atoms with Crippen molar-refractivity contribution in [3.05, 3.63) is 0 Å². The average molecular weight is 380 g/mol. The number of carbonyl (C=O) groups is 4. The second kappa shape index (κ2) is 10.9. The zero-order valence-electron chi connectivity index (χ0n) is 13.8. The number of carboxylic acid groups (broad SMARTS) is 1. The number of thiol groups is 1. The van der Waals surface area contributed by atoms with Gasteiger partial charge in [0.25, 0.3) is 0 Å².